The minimum Gasteiger partial charge on any atom is -0.415 e. The summed E-state index contributed by atoms with van der Waals surface area (Å²) < 4.78 is 44.3. The summed E-state index contributed by atoms with van der Waals surface area (Å²) in [6.45, 7) is 0.0946. The quantitative estimate of drug-likeness (QED) is 0.456. The number of aliphatic hydroxyl groups is 1. The van der Waals surface area contributed by atoms with E-state index in [1.54, 1.807) is 30.3 Å². The van der Waals surface area contributed by atoms with Crippen molar-refractivity contribution in [3.63, 3.8) is 0 Å². The van der Waals surface area contributed by atoms with Crippen LogP contribution in [-0.4, -0.2) is 36.1 Å². The predicted octanol–water partition coefficient (Wildman–Crippen LogP) is 4.03. The molecule has 0 bridgehead atoms. The van der Waals surface area contributed by atoms with E-state index < -0.39 is 36.2 Å². The number of alkyl halides is 2. The van der Waals surface area contributed by atoms with Gasteiger partial charge in [0, 0.05) is 12.7 Å². The normalized spacial score (nSPS) is 15.0. The minimum atomic E-state index is -2.95. The number of aliphatic hydroxyl groups excluding tert-OH is 1. The topological polar surface area (TPSA) is 105 Å². The fourth-order valence-electron chi connectivity index (χ4n) is 3.98. The minimum absolute atomic E-state index is 0.0946. The van der Waals surface area contributed by atoms with E-state index in [1.165, 1.54) is 23.2 Å². The highest BCUT2D eigenvalue weighted by Gasteiger charge is 2.40. The average molecular weight is 467 g/mol. The van der Waals surface area contributed by atoms with Crippen LogP contribution in [0.2, 0.25) is 0 Å². The monoisotopic (exact) mass is 467 g/mol. The number of hydrogen-bond acceptors (Lipinski definition) is 7. The molecule has 4 heterocycles. The number of halogens is 3. The molecule has 0 radical (unpaired) electrons. The molecule has 1 aliphatic rings. The Balaban J connectivity index is 1.56. The van der Waals surface area contributed by atoms with Crippen LogP contribution in [0.3, 0.4) is 0 Å². The molecule has 1 N–H and O–H groups in total. The Morgan fingerprint density at radius 3 is 2.53 bits per heavy atom. The van der Waals surface area contributed by atoms with E-state index in [2.05, 4.69) is 20.2 Å². The molecule has 0 saturated heterocycles. The molecule has 0 aliphatic carbocycles. The number of pyridine rings is 2. The molecular weight excluding hydrogens is 451 g/mol. The van der Waals surface area contributed by atoms with E-state index in [0.717, 1.165) is 12.3 Å². The molecule has 5 rings (SSSR count). The maximum absolute atomic E-state index is 13.6. The first-order chi connectivity index (χ1) is 16.4. The lowest BCUT2D eigenvalue weighted by atomic mass is 10.0. The van der Waals surface area contributed by atoms with E-state index >= 15 is 0 Å². The van der Waals surface area contributed by atoms with Crippen LogP contribution in [0.1, 0.15) is 51.8 Å². The summed E-state index contributed by atoms with van der Waals surface area (Å²) in [4.78, 5) is 23.3. The van der Waals surface area contributed by atoms with Gasteiger partial charge in [0.2, 0.25) is 5.89 Å². The third kappa shape index (κ3) is 3.79. The number of rotatable bonds is 6. The van der Waals surface area contributed by atoms with Gasteiger partial charge in [-0.15, -0.1) is 10.2 Å². The molecule has 1 aliphatic heterocycles. The second-order valence-electron chi connectivity index (χ2n) is 7.56. The maximum atomic E-state index is 13.6. The Labute approximate surface area is 190 Å². The van der Waals surface area contributed by atoms with E-state index in [1.807, 2.05) is 0 Å². The van der Waals surface area contributed by atoms with Crippen LogP contribution < -0.4 is 0 Å². The third-order valence-electron chi connectivity index (χ3n) is 5.50. The predicted molar refractivity (Wildman–Crippen MR) is 111 cm³/mol. The molecule has 0 saturated carbocycles. The van der Waals surface area contributed by atoms with Crippen molar-refractivity contribution in [3.05, 3.63) is 95.1 Å². The van der Waals surface area contributed by atoms with Gasteiger partial charge in [0.25, 0.3) is 11.8 Å². The summed E-state index contributed by atoms with van der Waals surface area (Å²) in [6.07, 6.45) is -1.78. The van der Waals surface area contributed by atoms with Crippen molar-refractivity contribution in [2.45, 2.75) is 25.1 Å². The zero-order valence-electron chi connectivity index (χ0n) is 17.3. The highest BCUT2D eigenvalue weighted by Crippen LogP contribution is 2.41. The second-order valence-corrected chi connectivity index (χ2v) is 7.56. The smallest absolute Gasteiger partial charge is 0.314 e. The van der Waals surface area contributed by atoms with Gasteiger partial charge < -0.3 is 14.4 Å². The van der Waals surface area contributed by atoms with Gasteiger partial charge in [-0.25, -0.2) is 4.39 Å². The van der Waals surface area contributed by atoms with Gasteiger partial charge >= 0.3 is 6.43 Å². The molecule has 1 amide bonds. The van der Waals surface area contributed by atoms with Crippen molar-refractivity contribution in [1.29, 1.82) is 0 Å². The largest absolute Gasteiger partial charge is 0.415 e. The summed E-state index contributed by atoms with van der Waals surface area (Å²) in [5.41, 5.74) is 1.53. The molecule has 11 heteroatoms. The highest BCUT2D eigenvalue weighted by molar-refractivity contribution is 6.04. The van der Waals surface area contributed by atoms with Gasteiger partial charge in [0.05, 0.1) is 28.7 Å². The molecule has 3 aromatic heterocycles. The van der Waals surface area contributed by atoms with Crippen LogP contribution in [0, 0.1) is 5.82 Å². The van der Waals surface area contributed by atoms with Crippen molar-refractivity contribution < 1.29 is 27.5 Å². The van der Waals surface area contributed by atoms with Crippen LogP contribution in [0.25, 0.3) is 11.5 Å². The molecule has 2 atom stereocenters. The number of aromatic nitrogens is 4. The summed E-state index contributed by atoms with van der Waals surface area (Å²) in [5.74, 6) is -2.11. The van der Waals surface area contributed by atoms with E-state index in [9.17, 15) is 23.1 Å². The van der Waals surface area contributed by atoms with Gasteiger partial charge in [-0.2, -0.15) is 8.78 Å². The molecule has 0 spiro atoms. The first-order valence-corrected chi connectivity index (χ1v) is 10.2. The van der Waals surface area contributed by atoms with E-state index in [-0.39, 0.29) is 29.3 Å². The van der Waals surface area contributed by atoms with E-state index in [0.29, 0.717) is 11.3 Å². The number of carbonyl (C=O) groups excluding carboxylic acids is 1. The lowest BCUT2D eigenvalue weighted by molar-refractivity contribution is 0.0332. The van der Waals surface area contributed by atoms with Gasteiger partial charge in [-0.3, -0.25) is 14.8 Å². The molecule has 34 heavy (non-hydrogen) atoms. The van der Waals surface area contributed by atoms with Crippen LogP contribution in [-0.2, 0) is 6.54 Å². The summed E-state index contributed by atoms with van der Waals surface area (Å²) in [7, 11) is 0. The standard InChI is InChI=1S/C23H16F3N5O3/c24-13-7-8-16(28-10-13)19(32)18(15-6-1-2-9-27-15)31-11-12-4-3-5-14(17(12)23(31)33)21-29-30-22(34-21)20(25)26/h1-10,18-20,32H,11H2/t18-,19+/m1/s1. The number of amides is 1. The van der Waals surface area contributed by atoms with Crippen molar-refractivity contribution in [2.75, 3.05) is 0 Å². The van der Waals surface area contributed by atoms with Crippen molar-refractivity contribution >= 4 is 5.91 Å². The molecule has 1 aromatic carbocycles. The molecule has 4 aromatic rings. The van der Waals surface area contributed by atoms with Crippen molar-refractivity contribution in [1.82, 2.24) is 25.1 Å². The summed E-state index contributed by atoms with van der Waals surface area (Å²) in [5, 5.41) is 18.2. The Morgan fingerprint density at radius 1 is 1.00 bits per heavy atom. The molecule has 172 valence electrons. The zero-order chi connectivity index (χ0) is 23.8. The van der Waals surface area contributed by atoms with Gasteiger partial charge in [0.1, 0.15) is 18.0 Å². The Hall–Kier alpha value is -4.12. The number of carbonyl (C=O) groups is 1. The maximum Gasteiger partial charge on any atom is 0.314 e. The number of hydrogen-bond donors (Lipinski definition) is 1. The first kappa shape index (κ1) is 21.7. The zero-order valence-corrected chi connectivity index (χ0v) is 17.3. The Bertz CT molecular complexity index is 1330. The fourth-order valence-corrected chi connectivity index (χ4v) is 3.98. The summed E-state index contributed by atoms with van der Waals surface area (Å²) in [6, 6.07) is 11.5. The van der Waals surface area contributed by atoms with Crippen LogP contribution in [0.5, 0.6) is 0 Å². The molecule has 0 unspecified atom stereocenters. The Morgan fingerprint density at radius 2 is 1.85 bits per heavy atom. The van der Waals surface area contributed by atoms with Crippen molar-refractivity contribution in [3.8, 4) is 11.5 Å². The van der Waals surface area contributed by atoms with Gasteiger partial charge in [0.15, 0.2) is 0 Å². The van der Waals surface area contributed by atoms with E-state index in [4.69, 9.17) is 4.42 Å². The second kappa shape index (κ2) is 8.67. The fraction of sp³-hybridized carbons (Fsp3) is 0.174. The number of benzene rings is 1. The lowest BCUT2D eigenvalue weighted by Gasteiger charge is -2.31. The number of fused-ring (bicyclic) bond motifs is 1. The lowest BCUT2D eigenvalue weighted by Crippen LogP contribution is -2.34. The summed E-state index contributed by atoms with van der Waals surface area (Å²) >= 11 is 0. The number of nitrogens with zero attached hydrogens (tertiary/aromatic N) is 5. The highest BCUT2D eigenvalue weighted by atomic mass is 19.3. The van der Waals surface area contributed by atoms with Gasteiger partial charge in [-0.05, 0) is 35.9 Å². The van der Waals surface area contributed by atoms with Gasteiger partial charge in [-0.1, -0.05) is 18.2 Å². The molecule has 0 fully saturated rings. The third-order valence-corrected chi connectivity index (χ3v) is 5.50. The van der Waals surface area contributed by atoms with Crippen molar-refractivity contribution in [2.24, 2.45) is 0 Å². The first-order valence-electron chi connectivity index (χ1n) is 10.2. The van der Waals surface area contributed by atoms with Crippen LogP contribution in [0.4, 0.5) is 13.2 Å². The van der Waals surface area contributed by atoms with Crippen LogP contribution >= 0.6 is 0 Å². The molecular formula is C23H16F3N5O3. The Kier molecular flexibility index (Phi) is 5.54. The van der Waals surface area contributed by atoms with Crippen LogP contribution in [0.15, 0.2) is 65.3 Å². The molecule has 8 nitrogen and oxygen atoms in total. The average Bonchev–Trinajstić information content (AvgIpc) is 3.46. The SMILES string of the molecule is O=C1c2c(cccc2-c2nnc(C(F)F)o2)CN1[C@H](c1ccccn1)[C@@H](O)c1ccc(F)cn1.